The summed E-state index contributed by atoms with van der Waals surface area (Å²) < 4.78 is 11.5. The van der Waals surface area contributed by atoms with E-state index < -0.39 is 59.7 Å². The highest BCUT2D eigenvalue weighted by Gasteiger charge is 2.61. The van der Waals surface area contributed by atoms with Crippen LogP contribution in [0.1, 0.15) is 53.0 Å². The average Bonchev–Trinajstić information content (AvgIpc) is 2.75. The van der Waals surface area contributed by atoms with Crippen molar-refractivity contribution in [1.29, 1.82) is 0 Å². The Balaban J connectivity index is 1.83. The Labute approximate surface area is 195 Å². The van der Waals surface area contributed by atoms with Gasteiger partial charge in [0.15, 0.2) is 5.78 Å². The number of hydrogen-bond donors (Lipinski definition) is 6. The monoisotopic (exact) mass is 476 g/mol. The van der Waals surface area contributed by atoms with Crippen molar-refractivity contribution >= 4 is 22.5 Å². The number of aryl methyl sites for hydroxylation is 1. The van der Waals surface area contributed by atoms with E-state index in [1.165, 1.54) is 19.1 Å². The zero-order valence-corrected chi connectivity index (χ0v) is 18.9. The SMILES string of the molecule is CC(=O)c1c(C)cc2cc(C(=O)O)cc(O[C@H]3O[C@@H]4[C@@H](O)CC[C@H](C)[C@@]4(O)[C@H](O)[C@H]3O)c2c1O. The number of aromatic carboxylic acids is 1. The van der Waals surface area contributed by atoms with Crippen LogP contribution in [0, 0.1) is 12.8 Å². The lowest BCUT2D eigenvalue weighted by molar-refractivity contribution is -0.343. The molecule has 184 valence electrons. The number of carboxylic acid groups (broad SMARTS) is 1. The molecule has 0 bridgehead atoms. The number of carbonyl (C=O) groups excluding carboxylic acids is 1. The van der Waals surface area contributed by atoms with Gasteiger partial charge in [0.1, 0.15) is 35.4 Å². The van der Waals surface area contributed by atoms with Gasteiger partial charge in [-0.1, -0.05) is 13.0 Å². The van der Waals surface area contributed by atoms with Gasteiger partial charge in [0.25, 0.3) is 0 Å². The minimum absolute atomic E-state index is 0.0180. The number of ether oxygens (including phenoxy) is 2. The molecule has 1 aliphatic carbocycles. The fraction of sp³-hybridized carbons (Fsp3) is 0.500. The molecular formula is C24H28O10. The zero-order valence-electron chi connectivity index (χ0n) is 18.9. The highest BCUT2D eigenvalue weighted by atomic mass is 16.7. The molecule has 7 atom stereocenters. The zero-order chi connectivity index (χ0) is 25.1. The Morgan fingerprint density at radius 3 is 2.44 bits per heavy atom. The summed E-state index contributed by atoms with van der Waals surface area (Å²) >= 11 is 0. The van der Waals surface area contributed by atoms with Crippen molar-refractivity contribution in [2.75, 3.05) is 0 Å². The Kier molecular flexibility index (Phi) is 6.07. The van der Waals surface area contributed by atoms with E-state index in [-0.39, 0.29) is 27.6 Å². The van der Waals surface area contributed by atoms with Gasteiger partial charge in [-0.05, 0) is 55.7 Å². The van der Waals surface area contributed by atoms with E-state index in [1.54, 1.807) is 13.8 Å². The number of Topliss-reactive ketones (excluding diaryl/α,β-unsaturated/α-hetero) is 1. The van der Waals surface area contributed by atoms with Crippen LogP contribution in [-0.2, 0) is 4.74 Å². The predicted molar refractivity (Wildman–Crippen MR) is 118 cm³/mol. The Hall–Kier alpha value is -2.76. The summed E-state index contributed by atoms with van der Waals surface area (Å²) in [7, 11) is 0. The molecule has 0 unspecified atom stereocenters. The van der Waals surface area contributed by atoms with Crippen molar-refractivity contribution in [1.82, 2.24) is 0 Å². The third kappa shape index (κ3) is 3.62. The van der Waals surface area contributed by atoms with Crippen molar-refractivity contribution in [3.05, 3.63) is 34.9 Å². The molecule has 1 saturated carbocycles. The van der Waals surface area contributed by atoms with Crippen LogP contribution in [0.15, 0.2) is 18.2 Å². The maximum atomic E-state index is 12.1. The van der Waals surface area contributed by atoms with Crippen LogP contribution in [0.5, 0.6) is 11.5 Å². The van der Waals surface area contributed by atoms with Crippen LogP contribution in [0.4, 0.5) is 0 Å². The number of rotatable bonds is 4. The van der Waals surface area contributed by atoms with Crippen LogP contribution >= 0.6 is 0 Å². The summed E-state index contributed by atoms with van der Waals surface area (Å²) in [5, 5.41) is 63.8. The van der Waals surface area contributed by atoms with Gasteiger partial charge in [-0.25, -0.2) is 4.79 Å². The standard InChI is InChI=1S/C24H28O10/c1-9-6-12-7-13(22(30)31)8-15(17(12)18(27)16(9)11(3)25)33-23-19(28)20(29)24(32)10(2)4-5-14(26)21(24)34-23/h6-8,10,14,19-21,23,26-29,32H,4-5H2,1-3H3,(H,30,31)/t10-,14-,19+,20+,21+,23-,24+/m0/s1. The van der Waals surface area contributed by atoms with Crippen LogP contribution < -0.4 is 4.74 Å². The molecule has 2 aromatic rings. The van der Waals surface area contributed by atoms with E-state index in [9.17, 15) is 40.2 Å². The first-order chi connectivity index (χ1) is 15.9. The highest BCUT2D eigenvalue weighted by molar-refractivity contribution is 6.08. The minimum Gasteiger partial charge on any atom is -0.506 e. The highest BCUT2D eigenvalue weighted by Crippen LogP contribution is 2.45. The number of aliphatic hydroxyl groups excluding tert-OH is 3. The van der Waals surface area contributed by atoms with E-state index in [4.69, 9.17) is 9.47 Å². The second kappa shape index (κ2) is 8.47. The summed E-state index contributed by atoms with van der Waals surface area (Å²) in [6.45, 7) is 4.55. The molecule has 1 heterocycles. The molecular weight excluding hydrogens is 448 g/mol. The first-order valence-electron chi connectivity index (χ1n) is 11.0. The number of fused-ring (bicyclic) bond motifs is 2. The number of carbonyl (C=O) groups is 2. The molecule has 10 heteroatoms. The largest absolute Gasteiger partial charge is 0.506 e. The van der Waals surface area contributed by atoms with E-state index >= 15 is 0 Å². The first kappa shape index (κ1) is 24.4. The van der Waals surface area contributed by atoms with E-state index in [1.807, 2.05) is 0 Å². The minimum atomic E-state index is -1.93. The fourth-order valence-electron chi connectivity index (χ4n) is 5.20. The van der Waals surface area contributed by atoms with Crippen LogP contribution in [0.25, 0.3) is 10.8 Å². The number of aliphatic hydroxyl groups is 4. The maximum Gasteiger partial charge on any atom is 0.335 e. The molecule has 0 spiro atoms. The van der Waals surface area contributed by atoms with E-state index in [0.29, 0.717) is 18.4 Å². The molecule has 0 amide bonds. The van der Waals surface area contributed by atoms with Crippen LogP contribution in [0.2, 0.25) is 0 Å². The smallest absolute Gasteiger partial charge is 0.335 e. The number of hydrogen-bond acceptors (Lipinski definition) is 9. The summed E-state index contributed by atoms with van der Waals surface area (Å²) in [6.07, 6.45) is -6.85. The van der Waals surface area contributed by atoms with Crippen LogP contribution in [0.3, 0.4) is 0 Å². The summed E-state index contributed by atoms with van der Waals surface area (Å²) in [6, 6.07) is 3.94. The van der Waals surface area contributed by atoms with Gasteiger partial charge >= 0.3 is 5.97 Å². The number of phenolic OH excluding ortho intramolecular Hbond substituents is 1. The van der Waals surface area contributed by atoms with Gasteiger partial charge in [-0.15, -0.1) is 0 Å². The van der Waals surface area contributed by atoms with Gasteiger partial charge in [0.05, 0.1) is 22.6 Å². The molecule has 4 rings (SSSR count). The Morgan fingerprint density at radius 1 is 1.15 bits per heavy atom. The van der Waals surface area contributed by atoms with Crippen molar-refractivity contribution in [3.8, 4) is 11.5 Å². The molecule has 1 aliphatic heterocycles. The first-order valence-corrected chi connectivity index (χ1v) is 11.0. The van der Waals surface area contributed by atoms with Gasteiger partial charge in [-0.2, -0.15) is 0 Å². The number of carboxylic acids is 1. The molecule has 2 aromatic carbocycles. The normalized spacial score (nSPS) is 33.4. The Morgan fingerprint density at radius 2 is 1.82 bits per heavy atom. The second-order valence-corrected chi connectivity index (χ2v) is 9.26. The molecule has 0 aromatic heterocycles. The number of ketones is 1. The van der Waals surface area contributed by atoms with Gasteiger partial charge < -0.3 is 40.1 Å². The quantitative estimate of drug-likeness (QED) is 0.351. The van der Waals surface area contributed by atoms with Crippen molar-refractivity contribution in [2.45, 2.75) is 69.9 Å². The summed E-state index contributed by atoms with van der Waals surface area (Å²) in [5.41, 5.74) is -1.66. The third-order valence-corrected chi connectivity index (χ3v) is 7.06. The molecule has 10 nitrogen and oxygen atoms in total. The predicted octanol–water partition coefficient (Wildman–Crippen LogP) is 1.10. The van der Waals surface area contributed by atoms with Crippen molar-refractivity contribution in [3.63, 3.8) is 0 Å². The molecule has 34 heavy (non-hydrogen) atoms. The van der Waals surface area contributed by atoms with Crippen molar-refractivity contribution in [2.24, 2.45) is 5.92 Å². The van der Waals surface area contributed by atoms with Crippen LogP contribution in [-0.4, -0.2) is 78.7 Å². The van der Waals surface area contributed by atoms with E-state index in [0.717, 1.165) is 6.07 Å². The lowest BCUT2D eigenvalue weighted by atomic mass is 9.67. The van der Waals surface area contributed by atoms with Gasteiger partial charge in [0, 0.05) is 0 Å². The number of phenols is 1. The van der Waals surface area contributed by atoms with Gasteiger partial charge in [0.2, 0.25) is 6.29 Å². The van der Waals surface area contributed by atoms with E-state index in [2.05, 4.69) is 0 Å². The lowest BCUT2D eigenvalue weighted by Crippen LogP contribution is -2.73. The Bertz CT molecular complexity index is 1160. The topological polar surface area (TPSA) is 174 Å². The molecule has 0 radical (unpaired) electrons. The fourth-order valence-corrected chi connectivity index (χ4v) is 5.20. The molecule has 2 fully saturated rings. The summed E-state index contributed by atoms with van der Waals surface area (Å²) in [5.74, 6) is -2.83. The van der Waals surface area contributed by atoms with Gasteiger partial charge in [-0.3, -0.25) is 4.79 Å². The number of aromatic hydroxyl groups is 1. The lowest BCUT2D eigenvalue weighted by Gasteiger charge is -2.54. The third-order valence-electron chi connectivity index (χ3n) is 7.06. The average molecular weight is 476 g/mol. The molecule has 2 aliphatic rings. The van der Waals surface area contributed by atoms with Crippen molar-refractivity contribution < 1.29 is 49.7 Å². The number of benzene rings is 2. The second-order valence-electron chi connectivity index (χ2n) is 9.26. The maximum absolute atomic E-state index is 12.1. The molecule has 1 saturated heterocycles. The summed E-state index contributed by atoms with van der Waals surface area (Å²) in [4.78, 5) is 23.8. The molecule has 6 N–H and O–H groups in total.